The van der Waals surface area contributed by atoms with Crippen LogP contribution in [0.2, 0.25) is 0 Å². The van der Waals surface area contributed by atoms with Crippen LogP contribution in [-0.4, -0.2) is 35.4 Å². The van der Waals surface area contributed by atoms with Gasteiger partial charge in [0.15, 0.2) is 0 Å². The molecular weight excluding hydrogens is 250 g/mol. The lowest BCUT2D eigenvalue weighted by Crippen LogP contribution is -2.32. The Hall–Kier alpha value is -1.58. The van der Waals surface area contributed by atoms with E-state index in [0.717, 1.165) is 56.7 Å². The fraction of sp³-hybridized carbons (Fsp3) is 0.625. The Labute approximate surface area is 122 Å². The van der Waals surface area contributed by atoms with Crippen molar-refractivity contribution in [1.82, 2.24) is 9.88 Å². The van der Waals surface area contributed by atoms with Crippen molar-refractivity contribution in [2.45, 2.75) is 46.5 Å². The predicted octanol–water partition coefficient (Wildman–Crippen LogP) is 3.56. The molecule has 1 amide bonds. The number of nitrogens with one attached hydrogen (secondary N) is 1. The van der Waals surface area contributed by atoms with Crippen LogP contribution < -0.4 is 5.32 Å². The minimum absolute atomic E-state index is 0.106. The second kappa shape index (κ2) is 9.34. The van der Waals surface area contributed by atoms with Gasteiger partial charge >= 0.3 is 0 Å². The largest absolute Gasteiger partial charge is 0.370 e. The molecule has 1 aromatic rings. The highest BCUT2D eigenvalue weighted by Gasteiger charge is 2.14. The maximum Gasteiger partial charge on any atom is 0.254 e. The number of carbonyl (C=O) groups excluding carboxylic acids is 1. The van der Waals surface area contributed by atoms with E-state index in [9.17, 15) is 4.79 Å². The number of hydrogen-bond donors (Lipinski definition) is 1. The van der Waals surface area contributed by atoms with Crippen molar-refractivity contribution in [3.05, 3.63) is 23.9 Å². The number of anilines is 1. The molecule has 0 unspecified atom stereocenters. The molecule has 0 fully saturated rings. The summed E-state index contributed by atoms with van der Waals surface area (Å²) < 4.78 is 0. The first-order chi connectivity index (χ1) is 9.72. The van der Waals surface area contributed by atoms with Crippen LogP contribution in [0.15, 0.2) is 18.3 Å². The lowest BCUT2D eigenvalue weighted by molar-refractivity contribution is 0.0755. The Balaban J connectivity index is 2.73. The van der Waals surface area contributed by atoms with Gasteiger partial charge in [0, 0.05) is 31.4 Å². The average Bonchev–Trinajstić information content (AvgIpc) is 2.47. The van der Waals surface area contributed by atoms with Crippen molar-refractivity contribution in [3.63, 3.8) is 0 Å². The molecule has 0 atom stereocenters. The molecule has 112 valence electrons. The monoisotopic (exact) mass is 277 g/mol. The van der Waals surface area contributed by atoms with Crippen molar-refractivity contribution < 1.29 is 4.79 Å². The summed E-state index contributed by atoms with van der Waals surface area (Å²) in [7, 11) is 0. The van der Waals surface area contributed by atoms with Crippen LogP contribution in [0.4, 0.5) is 5.82 Å². The van der Waals surface area contributed by atoms with Crippen molar-refractivity contribution in [1.29, 1.82) is 0 Å². The Bertz CT molecular complexity index is 400. The molecule has 1 rings (SSSR count). The Kier molecular flexibility index (Phi) is 7.70. The molecule has 1 aromatic heterocycles. The molecule has 1 heterocycles. The summed E-state index contributed by atoms with van der Waals surface area (Å²) in [5.41, 5.74) is 0.723. The molecule has 20 heavy (non-hydrogen) atoms. The van der Waals surface area contributed by atoms with Gasteiger partial charge in [0.1, 0.15) is 5.82 Å². The highest BCUT2D eigenvalue weighted by molar-refractivity contribution is 5.94. The zero-order chi connectivity index (χ0) is 14.8. The lowest BCUT2D eigenvalue weighted by atomic mass is 10.2. The van der Waals surface area contributed by atoms with Gasteiger partial charge < -0.3 is 10.2 Å². The van der Waals surface area contributed by atoms with E-state index in [4.69, 9.17) is 0 Å². The van der Waals surface area contributed by atoms with Gasteiger partial charge in [-0.15, -0.1) is 0 Å². The Morgan fingerprint density at radius 1 is 1.20 bits per heavy atom. The number of carbonyl (C=O) groups is 1. The summed E-state index contributed by atoms with van der Waals surface area (Å²) in [4.78, 5) is 18.7. The quantitative estimate of drug-likeness (QED) is 0.702. The molecular formula is C16H27N3O. The summed E-state index contributed by atoms with van der Waals surface area (Å²) in [5, 5.41) is 3.26. The van der Waals surface area contributed by atoms with Crippen LogP contribution >= 0.6 is 0 Å². The number of hydrogen-bond acceptors (Lipinski definition) is 3. The number of amides is 1. The van der Waals surface area contributed by atoms with Gasteiger partial charge in [-0.3, -0.25) is 4.79 Å². The zero-order valence-corrected chi connectivity index (χ0v) is 13.0. The molecule has 4 nitrogen and oxygen atoms in total. The van der Waals surface area contributed by atoms with Crippen LogP contribution in [0, 0.1) is 0 Å². The molecule has 0 aliphatic carbocycles. The van der Waals surface area contributed by atoms with E-state index in [2.05, 4.69) is 31.1 Å². The van der Waals surface area contributed by atoms with Gasteiger partial charge in [-0.05, 0) is 31.4 Å². The van der Waals surface area contributed by atoms with E-state index in [1.165, 1.54) is 0 Å². The van der Waals surface area contributed by atoms with Crippen LogP contribution in [0.1, 0.15) is 56.8 Å². The first kappa shape index (κ1) is 16.5. The highest BCUT2D eigenvalue weighted by atomic mass is 16.2. The molecule has 0 bridgehead atoms. The molecule has 1 N–H and O–H groups in total. The third-order valence-corrected chi connectivity index (χ3v) is 3.12. The molecule has 0 radical (unpaired) electrons. The lowest BCUT2D eigenvalue weighted by Gasteiger charge is -2.21. The summed E-state index contributed by atoms with van der Waals surface area (Å²) in [6.07, 6.45) is 5.93. The van der Waals surface area contributed by atoms with Gasteiger partial charge in [0.25, 0.3) is 5.91 Å². The summed E-state index contributed by atoms with van der Waals surface area (Å²) in [6.45, 7) is 8.87. The summed E-state index contributed by atoms with van der Waals surface area (Å²) in [6, 6.07) is 3.65. The normalized spacial score (nSPS) is 10.3. The third kappa shape index (κ3) is 5.19. The number of unbranched alkanes of at least 4 members (excludes halogenated alkanes) is 1. The minimum atomic E-state index is 0.106. The van der Waals surface area contributed by atoms with E-state index in [0.29, 0.717) is 0 Å². The van der Waals surface area contributed by atoms with Crippen molar-refractivity contribution in [2.24, 2.45) is 0 Å². The molecule has 0 aliphatic heterocycles. The topological polar surface area (TPSA) is 45.2 Å². The van der Waals surface area contributed by atoms with Crippen molar-refractivity contribution in [2.75, 3.05) is 25.0 Å². The van der Waals surface area contributed by atoms with Gasteiger partial charge in [-0.2, -0.15) is 0 Å². The number of pyridine rings is 1. The number of nitrogens with zero attached hydrogens (tertiary/aromatic N) is 2. The van der Waals surface area contributed by atoms with Crippen molar-refractivity contribution >= 4 is 11.7 Å². The molecule has 0 saturated heterocycles. The van der Waals surface area contributed by atoms with Gasteiger partial charge in [-0.25, -0.2) is 4.98 Å². The molecule has 4 heteroatoms. The third-order valence-electron chi connectivity index (χ3n) is 3.12. The van der Waals surface area contributed by atoms with E-state index in [1.54, 1.807) is 12.3 Å². The van der Waals surface area contributed by atoms with Crippen LogP contribution in [0.5, 0.6) is 0 Å². The first-order valence-corrected chi connectivity index (χ1v) is 7.72. The predicted molar refractivity (Wildman–Crippen MR) is 84.1 cm³/mol. The second-order valence-electron chi connectivity index (χ2n) is 5.00. The first-order valence-electron chi connectivity index (χ1n) is 7.72. The Morgan fingerprint density at radius 3 is 2.50 bits per heavy atom. The van der Waals surface area contributed by atoms with Crippen LogP contribution in [0.3, 0.4) is 0 Å². The maximum atomic E-state index is 12.5. The van der Waals surface area contributed by atoms with E-state index in [1.807, 2.05) is 11.0 Å². The molecule has 0 aliphatic rings. The number of rotatable bonds is 9. The standard InChI is InChI=1S/C16H27N3O/c1-4-7-9-17-15-13-14(8-10-18-15)16(20)19(11-5-2)12-6-3/h8,10,13H,4-7,9,11-12H2,1-3H3,(H,17,18). The number of aromatic nitrogens is 1. The van der Waals surface area contributed by atoms with Crippen LogP contribution in [-0.2, 0) is 0 Å². The van der Waals surface area contributed by atoms with Gasteiger partial charge in [0.2, 0.25) is 0 Å². The molecule has 0 saturated carbocycles. The summed E-state index contributed by atoms with van der Waals surface area (Å²) >= 11 is 0. The SMILES string of the molecule is CCCCNc1cc(C(=O)N(CCC)CCC)ccn1. The highest BCUT2D eigenvalue weighted by Crippen LogP contribution is 2.11. The fourth-order valence-corrected chi connectivity index (χ4v) is 2.09. The maximum absolute atomic E-state index is 12.5. The van der Waals surface area contributed by atoms with E-state index >= 15 is 0 Å². The molecule has 0 spiro atoms. The zero-order valence-electron chi connectivity index (χ0n) is 13.0. The fourth-order valence-electron chi connectivity index (χ4n) is 2.09. The van der Waals surface area contributed by atoms with Crippen molar-refractivity contribution in [3.8, 4) is 0 Å². The van der Waals surface area contributed by atoms with Crippen LogP contribution in [0.25, 0.3) is 0 Å². The minimum Gasteiger partial charge on any atom is -0.370 e. The van der Waals surface area contributed by atoms with Gasteiger partial charge in [-0.1, -0.05) is 27.2 Å². The summed E-state index contributed by atoms with van der Waals surface area (Å²) in [5.74, 6) is 0.895. The van der Waals surface area contributed by atoms with E-state index < -0.39 is 0 Å². The Morgan fingerprint density at radius 2 is 1.90 bits per heavy atom. The average molecular weight is 277 g/mol. The van der Waals surface area contributed by atoms with E-state index in [-0.39, 0.29) is 5.91 Å². The smallest absolute Gasteiger partial charge is 0.254 e. The van der Waals surface area contributed by atoms with Gasteiger partial charge in [0.05, 0.1) is 0 Å². The second-order valence-corrected chi connectivity index (χ2v) is 5.00. The molecule has 0 aromatic carbocycles.